The lowest BCUT2D eigenvalue weighted by atomic mass is 10.2. The molecule has 0 unspecified atom stereocenters. The molecule has 1 heterocycles. The molecule has 1 aromatic carbocycles. The van der Waals surface area contributed by atoms with E-state index in [0.717, 1.165) is 36.0 Å². The van der Waals surface area contributed by atoms with Crippen molar-refractivity contribution in [3.05, 3.63) is 41.1 Å². The fourth-order valence-electron chi connectivity index (χ4n) is 1.98. The van der Waals surface area contributed by atoms with E-state index in [2.05, 4.69) is 24.3 Å². The van der Waals surface area contributed by atoms with Gasteiger partial charge in [0.15, 0.2) is 0 Å². The standard InChI is InChI=1S/C15H21N3O/c1-5-16-10-14-12(3)17-18(4)15(14)19-13-8-6-11(2)7-9-13/h6-9,16H,5,10H2,1-4H3. The Morgan fingerprint density at radius 1 is 1.21 bits per heavy atom. The molecule has 0 aliphatic rings. The molecule has 0 radical (unpaired) electrons. The molecule has 0 fully saturated rings. The minimum atomic E-state index is 0.775. The first kappa shape index (κ1) is 13.6. The number of aromatic nitrogens is 2. The van der Waals surface area contributed by atoms with Crippen molar-refractivity contribution in [2.45, 2.75) is 27.3 Å². The van der Waals surface area contributed by atoms with Crippen molar-refractivity contribution in [2.24, 2.45) is 7.05 Å². The highest BCUT2D eigenvalue weighted by molar-refractivity contribution is 5.36. The molecule has 0 aliphatic carbocycles. The molecule has 0 spiro atoms. The number of nitrogens with one attached hydrogen (secondary N) is 1. The molecule has 2 rings (SSSR count). The van der Waals surface area contributed by atoms with E-state index in [1.54, 1.807) is 4.68 Å². The zero-order valence-corrected chi connectivity index (χ0v) is 12.0. The number of hydrogen-bond donors (Lipinski definition) is 1. The van der Waals surface area contributed by atoms with Gasteiger partial charge in [-0.2, -0.15) is 5.10 Å². The third-order valence-electron chi connectivity index (χ3n) is 3.08. The molecule has 19 heavy (non-hydrogen) atoms. The van der Waals surface area contributed by atoms with Crippen LogP contribution in [0, 0.1) is 13.8 Å². The van der Waals surface area contributed by atoms with E-state index in [1.807, 2.05) is 38.2 Å². The fourth-order valence-corrected chi connectivity index (χ4v) is 1.98. The molecule has 0 amide bonds. The first-order valence-electron chi connectivity index (χ1n) is 6.59. The average molecular weight is 259 g/mol. The first-order valence-corrected chi connectivity index (χ1v) is 6.59. The van der Waals surface area contributed by atoms with Gasteiger partial charge in [-0.05, 0) is 32.5 Å². The number of benzene rings is 1. The molecule has 2 aromatic rings. The number of nitrogens with zero attached hydrogens (tertiary/aromatic N) is 2. The van der Waals surface area contributed by atoms with Crippen LogP contribution in [0.25, 0.3) is 0 Å². The number of ether oxygens (including phenoxy) is 1. The maximum absolute atomic E-state index is 5.97. The van der Waals surface area contributed by atoms with Crippen molar-refractivity contribution in [1.82, 2.24) is 15.1 Å². The molecule has 0 bridgehead atoms. The van der Waals surface area contributed by atoms with Crippen LogP contribution in [0.5, 0.6) is 11.6 Å². The van der Waals surface area contributed by atoms with Gasteiger partial charge in [-0.3, -0.25) is 0 Å². The lowest BCUT2D eigenvalue weighted by molar-refractivity contribution is 0.424. The highest BCUT2D eigenvalue weighted by Gasteiger charge is 2.14. The second-order valence-electron chi connectivity index (χ2n) is 4.69. The number of aryl methyl sites for hydroxylation is 3. The van der Waals surface area contributed by atoms with Gasteiger partial charge >= 0.3 is 0 Å². The van der Waals surface area contributed by atoms with Gasteiger partial charge in [0.25, 0.3) is 0 Å². The summed E-state index contributed by atoms with van der Waals surface area (Å²) in [4.78, 5) is 0. The van der Waals surface area contributed by atoms with Crippen LogP contribution in [0.4, 0.5) is 0 Å². The molecule has 4 heteroatoms. The highest BCUT2D eigenvalue weighted by atomic mass is 16.5. The Hall–Kier alpha value is -1.81. The Balaban J connectivity index is 2.25. The zero-order valence-electron chi connectivity index (χ0n) is 12.0. The predicted octanol–water partition coefficient (Wildman–Crippen LogP) is 2.94. The van der Waals surface area contributed by atoms with Crippen molar-refractivity contribution >= 4 is 0 Å². The summed E-state index contributed by atoms with van der Waals surface area (Å²) in [6, 6.07) is 8.05. The Labute approximate surface area is 114 Å². The van der Waals surface area contributed by atoms with Crippen LogP contribution in [0.3, 0.4) is 0 Å². The number of rotatable bonds is 5. The third-order valence-corrected chi connectivity index (χ3v) is 3.08. The first-order chi connectivity index (χ1) is 9.11. The minimum Gasteiger partial charge on any atom is -0.439 e. The molecule has 1 N–H and O–H groups in total. The van der Waals surface area contributed by atoms with Gasteiger partial charge in [-0.15, -0.1) is 0 Å². The van der Waals surface area contributed by atoms with Gasteiger partial charge in [0.1, 0.15) is 5.75 Å². The Bertz CT molecular complexity index is 543. The molecule has 0 saturated carbocycles. The monoisotopic (exact) mass is 259 g/mol. The van der Waals surface area contributed by atoms with Gasteiger partial charge in [-0.1, -0.05) is 24.6 Å². The minimum absolute atomic E-state index is 0.775. The molecule has 0 aliphatic heterocycles. The van der Waals surface area contributed by atoms with Crippen LogP contribution >= 0.6 is 0 Å². The van der Waals surface area contributed by atoms with Gasteiger partial charge in [0.05, 0.1) is 11.3 Å². The summed E-state index contributed by atoms with van der Waals surface area (Å²) in [5.74, 6) is 1.65. The van der Waals surface area contributed by atoms with Crippen molar-refractivity contribution in [3.8, 4) is 11.6 Å². The summed E-state index contributed by atoms with van der Waals surface area (Å²) in [7, 11) is 1.91. The molecular weight excluding hydrogens is 238 g/mol. The topological polar surface area (TPSA) is 39.1 Å². The lowest BCUT2D eigenvalue weighted by Gasteiger charge is -2.09. The van der Waals surface area contributed by atoms with Crippen LogP contribution in [-0.4, -0.2) is 16.3 Å². The summed E-state index contributed by atoms with van der Waals surface area (Å²) in [5, 5.41) is 7.75. The van der Waals surface area contributed by atoms with Gasteiger partial charge < -0.3 is 10.1 Å². The van der Waals surface area contributed by atoms with E-state index in [-0.39, 0.29) is 0 Å². The lowest BCUT2D eigenvalue weighted by Crippen LogP contribution is -2.12. The van der Waals surface area contributed by atoms with Crippen molar-refractivity contribution in [1.29, 1.82) is 0 Å². The Morgan fingerprint density at radius 3 is 2.53 bits per heavy atom. The van der Waals surface area contributed by atoms with Crippen molar-refractivity contribution < 1.29 is 4.74 Å². The van der Waals surface area contributed by atoms with E-state index in [1.165, 1.54) is 5.56 Å². The van der Waals surface area contributed by atoms with Crippen molar-refractivity contribution in [2.75, 3.05) is 6.54 Å². The van der Waals surface area contributed by atoms with Crippen LogP contribution in [0.15, 0.2) is 24.3 Å². The molecule has 0 saturated heterocycles. The average Bonchev–Trinajstić information content (AvgIpc) is 2.65. The molecule has 0 atom stereocenters. The summed E-state index contributed by atoms with van der Waals surface area (Å²) in [6.07, 6.45) is 0. The van der Waals surface area contributed by atoms with Crippen LogP contribution in [-0.2, 0) is 13.6 Å². The largest absolute Gasteiger partial charge is 0.439 e. The molecule has 4 nitrogen and oxygen atoms in total. The smallest absolute Gasteiger partial charge is 0.222 e. The van der Waals surface area contributed by atoms with Crippen LogP contribution in [0.2, 0.25) is 0 Å². The normalized spacial score (nSPS) is 10.7. The zero-order chi connectivity index (χ0) is 13.8. The van der Waals surface area contributed by atoms with Crippen LogP contribution in [0.1, 0.15) is 23.7 Å². The van der Waals surface area contributed by atoms with Gasteiger partial charge in [-0.25, -0.2) is 4.68 Å². The molecule has 102 valence electrons. The highest BCUT2D eigenvalue weighted by Crippen LogP contribution is 2.27. The van der Waals surface area contributed by atoms with Gasteiger partial charge in [0, 0.05) is 13.6 Å². The van der Waals surface area contributed by atoms with E-state index >= 15 is 0 Å². The van der Waals surface area contributed by atoms with Crippen molar-refractivity contribution in [3.63, 3.8) is 0 Å². The Kier molecular flexibility index (Phi) is 4.22. The summed E-state index contributed by atoms with van der Waals surface area (Å²) in [5.41, 5.74) is 3.34. The third kappa shape index (κ3) is 3.15. The fraction of sp³-hybridized carbons (Fsp3) is 0.400. The van der Waals surface area contributed by atoms with Gasteiger partial charge in [0.2, 0.25) is 5.88 Å². The van der Waals surface area contributed by atoms with Crippen LogP contribution < -0.4 is 10.1 Å². The van der Waals surface area contributed by atoms with E-state index in [9.17, 15) is 0 Å². The summed E-state index contributed by atoms with van der Waals surface area (Å²) >= 11 is 0. The predicted molar refractivity (Wildman–Crippen MR) is 76.6 cm³/mol. The summed E-state index contributed by atoms with van der Waals surface area (Å²) in [6.45, 7) is 7.87. The van der Waals surface area contributed by atoms with E-state index in [4.69, 9.17) is 4.74 Å². The maximum atomic E-state index is 5.97. The Morgan fingerprint density at radius 2 is 1.89 bits per heavy atom. The number of hydrogen-bond acceptors (Lipinski definition) is 3. The SMILES string of the molecule is CCNCc1c(C)nn(C)c1Oc1ccc(C)cc1. The van der Waals surface area contributed by atoms with E-state index < -0.39 is 0 Å². The molecular formula is C15H21N3O. The van der Waals surface area contributed by atoms with E-state index in [0.29, 0.717) is 0 Å². The maximum Gasteiger partial charge on any atom is 0.222 e. The second-order valence-corrected chi connectivity index (χ2v) is 4.69. The second kappa shape index (κ2) is 5.89. The molecule has 1 aromatic heterocycles. The summed E-state index contributed by atoms with van der Waals surface area (Å²) < 4.78 is 7.77. The quantitative estimate of drug-likeness (QED) is 0.897.